The zero-order valence-corrected chi connectivity index (χ0v) is 10.1. The first-order chi connectivity index (χ1) is 7.25. The average Bonchev–Trinajstić information content (AvgIpc) is 2.25. The zero-order valence-electron chi connectivity index (χ0n) is 9.29. The standard InChI is InChI=1S/C12H18FNS/c1-3-15-9-8-14-10(2)11-6-4-5-7-12(11)13/h4-7,10,14H,3,8-9H2,1-2H3/t10-/m1/s1. The van der Waals surface area contributed by atoms with Gasteiger partial charge in [-0.2, -0.15) is 11.8 Å². The third kappa shape index (κ3) is 4.22. The second-order valence-corrected chi connectivity index (χ2v) is 4.79. The van der Waals surface area contributed by atoms with Crippen LogP contribution in [0.4, 0.5) is 4.39 Å². The average molecular weight is 227 g/mol. The number of halogens is 1. The molecular formula is C12H18FNS. The first-order valence-corrected chi connectivity index (χ1v) is 6.46. The molecule has 1 aromatic rings. The highest BCUT2D eigenvalue weighted by atomic mass is 32.2. The van der Waals surface area contributed by atoms with E-state index < -0.39 is 0 Å². The van der Waals surface area contributed by atoms with Crippen molar-refractivity contribution in [1.29, 1.82) is 0 Å². The predicted molar refractivity (Wildman–Crippen MR) is 65.8 cm³/mol. The van der Waals surface area contributed by atoms with Gasteiger partial charge in [0.05, 0.1) is 0 Å². The molecule has 0 heterocycles. The molecule has 0 aliphatic carbocycles. The lowest BCUT2D eigenvalue weighted by Crippen LogP contribution is -2.22. The van der Waals surface area contributed by atoms with E-state index in [4.69, 9.17) is 0 Å². The first-order valence-electron chi connectivity index (χ1n) is 5.31. The molecule has 0 aliphatic rings. The van der Waals surface area contributed by atoms with Crippen molar-refractivity contribution >= 4 is 11.8 Å². The lowest BCUT2D eigenvalue weighted by Gasteiger charge is -2.14. The fourth-order valence-electron chi connectivity index (χ4n) is 1.43. The summed E-state index contributed by atoms with van der Waals surface area (Å²) in [6.07, 6.45) is 0. The summed E-state index contributed by atoms with van der Waals surface area (Å²) in [5, 5.41) is 3.31. The Hall–Kier alpha value is -0.540. The summed E-state index contributed by atoms with van der Waals surface area (Å²) in [5.74, 6) is 2.09. The number of nitrogens with one attached hydrogen (secondary N) is 1. The number of hydrogen-bond acceptors (Lipinski definition) is 2. The van der Waals surface area contributed by atoms with E-state index in [-0.39, 0.29) is 11.9 Å². The van der Waals surface area contributed by atoms with Crippen molar-refractivity contribution < 1.29 is 4.39 Å². The third-order valence-corrected chi connectivity index (χ3v) is 3.17. The van der Waals surface area contributed by atoms with Crippen molar-refractivity contribution in [2.45, 2.75) is 19.9 Å². The van der Waals surface area contributed by atoms with Gasteiger partial charge in [0.2, 0.25) is 0 Å². The highest BCUT2D eigenvalue weighted by Crippen LogP contribution is 2.15. The Kier molecular flexibility index (Phi) is 5.73. The molecule has 0 aromatic heterocycles. The number of benzene rings is 1. The van der Waals surface area contributed by atoms with Crippen LogP contribution in [0, 0.1) is 5.82 Å². The normalized spacial score (nSPS) is 12.7. The molecule has 0 unspecified atom stereocenters. The monoisotopic (exact) mass is 227 g/mol. The van der Waals surface area contributed by atoms with Crippen LogP contribution in [0.2, 0.25) is 0 Å². The molecule has 1 aromatic carbocycles. The Labute approximate surface area is 95.5 Å². The zero-order chi connectivity index (χ0) is 11.1. The Balaban J connectivity index is 2.40. The van der Waals surface area contributed by atoms with Crippen molar-refractivity contribution in [3.63, 3.8) is 0 Å². The van der Waals surface area contributed by atoms with E-state index in [9.17, 15) is 4.39 Å². The largest absolute Gasteiger partial charge is 0.309 e. The Morgan fingerprint density at radius 2 is 2.13 bits per heavy atom. The second kappa shape index (κ2) is 6.85. The first kappa shape index (κ1) is 12.5. The minimum absolute atomic E-state index is 0.0867. The van der Waals surface area contributed by atoms with Gasteiger partial charge in [-0.3, -0.25) is 0 Å². The summed E-state index contributed by atoms with van der Waals surface area (Å²) in [6.45, 7) is 5.06. The van der Waals surface area contributed by atoms with Crippen LogP contribution in [0.3, 0.4) is 0 Å². The Morgan fingerprint density at radius 1 is 1.40 bits per heavy atom. The minimum Gasteiger partial charge on any atom is -0.309 e. The number of rotatable bonds is 6. The Bertz CT molecular complexity index is 291. The molecule has 0 aliphatic heterocycles. The van der Waals surface area contributed by atoms with Gasteiger partial charge in [0.1, 0.15) is 5.82 Å². The van der Waals surface area contributed by atoms with Gasteiger partial charge in [-0.1, -0.05) is 25.1 Å². The van der Waals surface area contributed by atoms with Gasteiger partial charge < -0.3 is 5.32 Å². The molecule has 1 N–H and O–H groups in total. The van der Waals surface area contributed by atoms with E-state index in [2.05, 4.69) is 12.2 Å². The summed E-state index contributed by atoms with van der Waals surface area (Å²) in [5.41, 5.74) is 0.749. The van der Waals surface area contributed by atoms with Crippen LogP contribution in [0.25, 0.3) is 0 Å². The predicted octanol–water partition coefficient (Wildman–Crippen LogP) is 3.23. The summed E-state index contributed by atoms with van der Waals surface area (Å²) in [6, 6.07) is 7.02. The van der Waals surface area contributed by atoms with Crippen molar-refractivity contribution in [3.05, 3.63) is 35.6 Å². The maximum absolute atomic E-state index is 13.4. The molecule has 3 heteroatoms. The van der Waals surface area contributed by atoms with Crippen molar-refractivity contribution in [2.24, 2.45) is 0 Å². The summed E-state index contributed by atoms with van der Waals surface area (Å²) >= 11 is 1.89. The number of hydrogen-bond donors (Lipinski definition) is 1. The van der Waals surface area contributed by atoms with Gasteiger partial charge in [-0.15, -0.1) is 0 Å². The quantitative estimate of drug-likeness (QED) is 0.749. The van der Waals surface area contributed by atoms with E-state index in [1.54, 1.807) is 6.07 Å². The van der Waals surface area contributed by atoms with Gasteiger partial charge in [-0.05, 0) is 18.7 Å². The van der Waals surface area contributed by atoms with Crippen molar-refractivity contribution in [2.75, 3.05) is 18.1 Å². The maximum atomic E-state index is 13.4. The summed E-state index contributed by atoms with van der Waals surface area (Å²) in [4.78, 5) is 0. The van der Waals surface area contributed by atoms with E-state index in [1.165, 1.54) is 6.07 Å². The van der Waals surface area contributed by atoms with Crippen LogP contribution < -0.4 is 5.32 Å². The van der Waals surface area contributed by atoms with Gasteiger partial charge in [0, 0.05) is 23.9 Å². The molecule has 0 saturated carbocycles. The molecule has 0 fully saturated rings. The van der Waals surface area contributed by atoms with Gasteiger partial charge in [-0.25, -0.2) is 4.39 Å². The van der Waals surface area contributed by atoms with E-state index in [1.807, 2.05) is 30.8 Å². The fraction of sp³-hybridized carbons (Fsp3) is 0.500. The molecule has 1 rings (SSSR count). The third-order valence-electron chi connectivity index (χ3n) is 2.27. The highest BCUT2D eigenvalue weighted by molar-refractivity contribution is 7.99. The molecule has 15 heavy (non-hydrogen) atoms. The van der Waals surface area contributed by atoms with Crippen LogP contribution in [0.1, 0.15) is 25.5 Å². The van der Waals surface area contributed by atoms with Crippen LogP contribution in [-0.2, 0) is 0 Å². The van der Waals surface area contributed by atoms with Gasteiger partial charge in [0.15, 0.2) is 0 Å². The maximum Gasteiger partial charge on any atom is 0.127 e. The van der Waals surface area contributed by atoms with Crippen LogP contribution in [0.5, 0.6) is 0 Å². The molecular weight excluding hydrogens is 209 g/mol. The van der Waals surface area contributed by atoms with Crippen LogP contribution >= 0.6 is 11.8 Å². The SMILES string of the molecule is CCSCCN[C@H](C)c1ccccc1F. The van der Waals surface area contributed by atoms with Gasteiger partial charge >= 0.3 is 0 Å². The van der Waals surface area contributed by atoms with Crippen molar-refractivity contribution in [3.8, 4) is 0 Å². The molecule has 0 spiro atoms. The highest BCUT2D eigenvalue weighted by Gasteiger charge is 2.08. The van der Waals surface area contributed by atoms with Crippen molar-refractivity contribution in [1.82, 2.24) is 5.32 Å². The van der Waals surface area contributed by atoms with E-state index in [0.29, 0.717) is 0 Å². The molecule has 0 saturated heterocycles. The topological polar surface area (TPSA) is 12.0 Å². The molecule has 0 radical (unpaired) electrons. The van der Waals surface area contributed by atoms with Crippen LogP contribution in [-0.4, -0.2) is 18.1 Å². The summed E-state index contributed by atoms with van der Waals surface area (Å²) < 4.78 is 13.4. The lowest BCUT2D eigenvalue weighted by atomic mass is 10.1. The lowest BCUT2D eigenvalue weighted by molar-refractivity contribution is 0.542. The molecule has 84 valence electrons. The molecule has 0 amide bonds. The number of thioether (sulfide) groups is 1. The fourth-order valence-corrected chi connectivity index (χ4v) is 1.98. The second-order valence-electron chi connectivity index (χ2n) is 3.39. The summed E-state index contributed by atoms with van der Waals surface area (Å²) in [7, 11) is 0. The molecule has 1 atom stereocenters. The molecule has 0 bridgehead atoms. The Morgan fingerprint density at radius 3 is 2.80 bits per heavy atom. The van der Waals surface area contributed by atoms with E-state index in [0.717, 1.165) is 23.6 Å². The smallest absolute Gasteiger partial charge is 0.127 e. The molecule has 1 nitrogen and oxygen atoms in total. The minimum atomic E-state index is -0.124. The van der Waals surface area contributed by atoms with Gasteiger partial charge in [0.25, 0.3) is 0 Å². The van der Waals surface area contributed by atoms with Crippen LogP contribution in [0.15, 0.2) is 24.3 Å². The van der Waals surface area contributed by atoms with E-state index >= 15 is 0 Å².